The topological polar surface area (TPSA) is 65.5 Å². The van der Waals surface area contributed by atoms with Crippen LogP contribution in [0.2, 0.25) is 0 Å². The number of hydrogen-bond donors (Lipinski definition) is 2. The number of carbonyl (C=O) groups is 1. The Bertz CT molecular complexity index is 732. The first-order chi connectivity index (χ1) is 12.0. The molecule has 1 fully saturated rings. The van der Waals surface area contributed by atoms with E-state index in [0.29, 0.717) is 6.42 Å². The van der Waals surface area contributed by atoms with E-state index in [1.807, 2.05) is 26.1 Å². The Balaban J connectivity index is 1.62. The molecule has 134 valence electrons. The Morgan fingerprint density at radius 3 is 2.92 bits per heavy atom. The van der Waals surface area contributed by atoms with E-state index < -0.39 is 6.10 Å². The highest BCUT2D eigenvalue weighted by atomic mass is 16.3. The van der Waals surface area contributed by atoms with Crippen LogP contribution in [0.4, 0.5) is 0 Å². The number of aromatic nitrogens is 1. The number of fused-ring (bicyclic) bond motifs is 1. The van der Waals surface area contributed by atoms with Gasteiger partial charge >= 0.3 is 0 Å². The molecule has 2 atom stereocenters. The van der Waals surface area contributed by atoms with E-state index in [2.05, 4.69) is 39.5 Å². The molecule has 1 aromatic carbocycles. The molecule has 0 spiro atoms. The zero-order valence-electron chi connectivity index (χ0n) is 15.0. The van der Waals surface area contributed by atoms with Gasteiger partial charge in [0, 0.05) is 37.1 Å². The first-order valence-corrected chi connectivity index (χ1v) is 9.07. The first-order valence-electron chi connectivity index (χ1n) is 9.07. The second-order valence-electron chi connectivity index (χ2n) is 7.22. The fraction of sp³-hybridized carbons (Fsp3) is 0.500. The van der Waals surface area contributed by atoms with Crippen molar-refractivity contribution >= 4 is 16.8 Å². The van der Waals surface area contributed by atoms with Gasteiger partial charge in [0.2, 0.25) is 5.91 Å². The van der Waals surface area contributed by atoms with Gasteiger partial charge in [-0.1, -0.05) is 26.0 Å². The molecule has 1 amide bonds. The summed E-state index contributed by atoms with van der Waals surface area (Å²) in [7, 11) is 0. The second-order valence-corrected chi connectivity index (χ2v) is 7.22. The number of carbonyl (C=O) groups excluding carboxylic acids is 1. The summed E-state index contributed by atoms with van der Waals surface area (Å²) in [5.74, 6) is -0.0442. The highest BCUT2D eigenvalue weighted by molar-refractivity contribution is 5.79. The predicted octanol–water partition coefficient (Wildman–Crippen LogP) is 2.33. The summed E-state index contributed by atoms with van der Waals surface area (Å²) in [6, 6.07) is 10.2. The molecule has 5 nitrogen and oxygen atoms in total. The zero-order valence-corrected chi connectivity index (χ0v) is 15.0. The van der Waals surface area contributed by atoms with Gasteiger partial charge in [-0.05, 0) is 36.6 Å². The maximum absolute atomic E-state index is 11.9. The number of aliphatic hydroxyl groups excluding tert-OH is 1. The van der Waals surface area contributed by atoms with Gasteiger partial charge in [-0.2, -0.15) is 0 Å². The Kier molecular flexibility index (Phi) is 5.66. The third-order valence-corrected chi connectivity index (χ3v) is 4.89. The van der Waals surface area contributed by atoms with E-state index in [-0.39, 0.29) is 17.9 Å². The first kappa shape index (κ1) is 17.8. The van der Waals surface area contributed by atoms with Crippen molar-refractivity contribution in [3.63, 3.8) is 0 Å². The third kappa shape index (κ3) is 4.55. The fourth-order valence-corrected chi connectivity index (χ4v) is 3.30. The number of amides is 1. The van der Waals surface area contributed by atoms with Crippen LogP contribution >= 0.6 is 0 Å². The van der Waals surface area contributed by atoms with Crippen LogP contribution in [0.1, 0.15) is 32.3 Å². The molecule has 1 aliphatic heterocycles. The highest BCUT2D eigenvalue weighted by Crippen LogP contribution is 2.18. The number of likely N-dealkylation sites (tertiary alicyclic amines) is 1. The minimum Gasteiger partial charge on any atom is -0.391 e. The summed E-state index contributed by atoms with van der Waals surface area (Å²) in [4.78, 5) is 18.6. The van der Waals surface area contributed by atoms with Gasteiger partial charge in [-0.25, -0.2) is 0 Å². The Hall–Kier alpha value is -1.98. The van der Waals surface area contributed by atoms with E-state index in [1.54, 1.807) is 0 Å². The van der Waals surface area contributed by atoms with E-state index >= 15 is 0 Å². The van der Waals surface area contributed by atoms with E-state index in [9.17, 15) is 9.90 Å². The van der Waals surface area contributed by atoms with Gasteiger partial charge in [0.25, 0.3) is 0 Å². The third-order valence-electron chi connectivity index (χ3n) is 4.89. The molecule has 1 aliphatic rings. The van der Waals surface area contributed by atoms with Gasteiger partial charge in [-0.15, -0.1) is 0 Å². The lowest BCUT2D eigenvalue weighted by molar-refractivity contribution is -0.125. The maximum atomic E-state index is 11.9. The normalized spacial score (nSPS) is 22.1. The van der Waals surface area contributed by atoms with Gasteiger partial charge in [-0.3, -0.25) is 14.7 Å². The molecule has 0 bridgehead atoms. The fourth-order valence-electron chi connectivity index (χ4n) is 3.30. The SMILES string of the molecule is CC(C)C(=O)N[C@H]1CCN(Cc2ccc3ncccc3c2)CC[C@@H]1O. The van der Waals surface area contributed by atoms with Crippen molar-refractivity contribution in [1.82, 2.24) is 15.2 Å². The van der Waals surface area contributed by atoms with Crippen LogP contribution in [0.25, 0.3) is 10.9 Å². The molecule has 0 aliphatic carbocycles. The summed E-state index contributed by atoms with van der Waals surface area (Å²) in [5, 5.41) is 14.5. The lowest BCUT2D eigenvalue weighted by Gasteiger charge is -2.22. The Morgan fingerprint density at radius 1 is 1.32 bits per heavy atom. The summed E-state index contributed by atoms with van der Waals surface area (Å²) in [6.45, 7) is 6.30. The molecule has 1 aromatic heterocycles. The summed E-state index contributed by atoms with van der Waals surface area (Å²) in [5.41, 5.74) is 2.26. The number of aliphatic hydroxyl groups is 1. The minimum absolute atomic E-state index is 0.0135. The van der Waals surface area contributed by atoms with Gasteiger partial charge in [0.15, 0.2) is 0 Å². The quantitative estimate of drug-likeness (QED) is 0.896. The van der Waals surface area contributed by atoms with Gasteiger partial charge < -0.3 is 10.4 Å². The largest absolute Gasteiger partial charge is 0.391 e. The van der Waals surface area contributed by atoms with E-state index in [1.165, 1.54) is 5.56 Å². The standard InChI is InChI=1S/C20H27N3O2/c1-14(2)20(25)22-18-7-10-23(11-8-19(18)24)13-15-5-6-17-16(12-15)4-3-9-21-17/h3-6,9,12,14,18-19,24H,7-8,10-11,13H2,1-2H3,(H,22,25)/t18-,19-/m0/s1. The lowest BCUT2D eigenvalue weighted by atomic mass is 10.1. The molecule has 0 saturated carbocycles. The van der Waals surface area contributed by atoms with Gasteiger partial charge in [0.05, 0.1) is 17.7 Å². The highest BCUT2D eigenvalue weighted by Gasteiger charge is 2.26. The van der Waals surface area contributed by atoms with Crippen LogP contribution in [0, 0.1) is 5.92 Å². The van der Waals surface area contributed by atoms with Crippen LogP contribution < -0.4 is 5.32 Å². The summed E-state index contributed by atoms with van der Waals surface area (Å²) in [6.07, 6.45) is 2.78. The Labute approximate surface area is 149 Å². The van der Waals surface area contributed by atoms with Crippen LogP contribution in [-0.2, 0) is 11.3 Å². The molecule has 3 rings (SSSR count). The molecule has 2 N–H and O–H groups in total. The molecule has 0 unspecified atom stereocenters. The minimum atomic E-state index is -0.478. The van der Waals surface area contributed by atoms with Crippen LogP contribution in [-0.4, -0.2) is 46.1 Å². The van der Waals surface area contributed by atoms with Crippen molar-refractivity contribution in [1.29, 1.82) is 0 Å². The van der Waals surface area contributed by atoms with Crippen molar-refractivity contribution in [3.8, 4) is 0 Å². The molecular weight excluding hydrogens is 314 g/mol. The maximum Gasteiger partial charge on any atom is 0.222 e. The molecule has 2 heterocycles. The van der Waals surface area contributed by atoms with Crippen LogP contribution in [0.15, 0.2) is 36.5 Å². The summed E-state index contributed by atoms with van der Waals surface area (Å²) >= 11 is 0. The number of rotatable bonds is 4. The predicted molar refractivity (Wildman–Crippen MR) is 99.0 cm³/mol. The second kappa shape index (κ2) is 7.93. The molecule has 25 heavy (non-hydrogen) atoms. The smallest absolute Gasteiger partial charge is 0.222 e. The number of pyridine rings is 1. The van der Waals surface area contributed by atoms with E-state index in [0.717, 1.165) is 37.0 Å². The molecule has 5 heteroatoms. The van der Waals surface area contributed by atoms with Crippen molar-refractivity contribution in [2.75, 3.05) is 13.1 Å². The molecular formula is C20H27N3O2. The number of hydrogen-bond acceptors (Lipinski definition) is 4. The average molecular weight is 341 g/mol. The van der Waals surface area contributed by atoms with E-state index in [4.69, 9.17) is 0 Å². The van der Waals surface area contributed by atoms with Crippen molar-refractivity contribution in [2.24, 2.45) is 5.92 Å². The lowest BCUT2D eigenvalue weighted by Crippen LogP contribution is -2.44. The average Bonchev–Trinajstić information content (AvgIpc) is 2.77. The molecule has 2 aromatic rings. The molecule has 0 radical (unpaired) electrons. The summed E-state index contributed by atoms with van der Waals surface area (Å²) < 4.78 is 0. The van der Waals surface area contributed by atoms with Crippen LogP contribution in [0.5, 0.6) is 0 Å². The Morgan fingerprint density at radius 2 is 2.12 bits per heavy atom. The van der Waals surface area contributed by atoms with Crippen molar-refractivity contribution in [3.05, 3.63) is 42.1 Å². The zero-order chi connectivity index (χ0) is 17.8. The number of nitrogens with zero attached hydrogens (tertiary/aromatic N) is 2. The monoisotopic (exact) mass is 341 g/mol. The molecule has 1 saturated heterocycles. The number of nitrogens with one attached hydrogen (secondary N) is 1. The van der Waals surface area contributed by atoms with Crippen molar-refractivity contribution < 1.29 is 9.90 Å². The van der Waals surface area contributed by atoms with Crippen LogP contribution in [0.3, 0.4) is 0 Å². The number of benzene rings is 1. The van der Waals surface area contributed by atoms with Gasteiger partial charge in [0.1, 0.15) is 0 Å². The van der Waals surface area contributed by atoms with Crippen molar-refractivity contribution in [2.45, 2.75) is 45.4 Å².